The molecule has 0 heterocycles. The van der Waals surface area contributed by atoms with E-state index in [2.05, 4.69) is 4.89 Å². The van der Waals surface area contributed by atoms with E-state index in [0.29, 0.717) is 0 Å². The molecule has 0 aromatic carbocycles. The molecule has 5 nitrogen and oxygen atoms in total. The molecule has 0 spiro atoms. The van der Waals surface area contributed by atoms with Gasteiger partial charge in [0, 0.05) is 0 Å². The van der Waals surface area contributed by atoms with Gasteiger partial charge in [-0.2, -0.15) is 5.26 Å². The van der Waals surface area contributed by atoms with E-state index >= 15 is 0 Å². The van der Waals surface area contributed by atoms with E-state index in [1.165, 1.54) is 0 Å². The molecular weight excluding hydrogens is 144 g/mol. The zero-order valence-electron chi connectivity index (χ0n) is 5.83. The maximum Gasteiger partial charge on any atom is 2.00 e. The quantitative estimate of drug-likeness (QED) is 0.198. The van der Waals surface area contributed by atoms with Gasteiger partial charge in [-0.1, -0.05) is 0 Å². The summed E-state index contributed by atoms with van der Waals surface area (Å²) in [7, 11) is 0. The third-order valence-corrected chi connectivity index (χ3v) is 0.258. The maximum absolute atomic E-state index is 9.44. The molecule has 0 aliphatic rings. The van der Waals surface area contributed by atoms with Gasteiger partial charge in [-0.05, 0) is 0 Å². The second-order valence-electron chi connectivity index (χ2n) is 0.684. The van der Waals surface area contributed by atoms with Gasteiger partial charge in [0.25, 0.3) is 0 Å². The first-order chi connectivity index (χ1) is 3.18. The molecule has 0 aliphatic carbocycles. The van der Waals surface area contributed by atoms with E-state index < -0.39 is 11.9 Å². The molecule has 0 atom stereocenters. The van der Waals surface area contributed by atoms with E-state index in [9.17, 15) is 9.59 Å². The zero-order chi connectivity index (χ0) is 5.86. The molecule has 44 valence electrons. The molecular formula is C2H4CaO5. The van der Waals surface area contributed by atoms with E-state index in [-0.39, 0.29) is 40.6 Å². The van der Waals surface area contributed by atoms with Crippen molar-refractivity contribution in [2.45, 2.75) is 0 Å². The monoisotopic (exact) mass is 148 g/mol. The van der Waals surface area contributed by atoms with E-state index in [0.717, 1.165) is 0 Å². The van der Waals surface area contributed by atoms with Crippen LogP contribution in [-0.4, -0.2) is 60.0 Å². The molecule has 0 saturated heterocycles. The van der Waals surface area contributed by atoms with Crippen LogP contribution in [0.25, 0.3) is 0 Å². The Bertz CT molecular complexity index is 106. The van der Waals surface area contributed by atoms with Gasteiger partial charge in [-0.15, -0.1) is 0 Å². The van der Waals surface area contributed by atoms with Crippen LogP contribution in [-0.2, 0) is 14.5 Å². The van der Waals surface area contributed by atoms with Crippen molar-refractivity contribution in [3.05, 3.63) is 0 Å². The van der Waals surface area contributed by atoms with Crippen molar-refractivity contribution in [1.82, 2.24) is 0 Å². The Morgan fingerprint density at radius 2 is 1.88 bits per heavy atom. The van der Waals surface area contributed by atoms with E-state index in [1.807, 2.05) is 0 Å². The molecule has 0 aromatic heterocycles. The van der Waals surface area contributed by atoms with Crippen molar-refractivity contribution in [3.8, 4) is 0 Å². The Balaban J connectivity index is -0.0000000600. The van der Waals surface area contributed by atoms with Gasteiger partial charge in [0.2, 0.25) is 0 Å². The van der Waals surface area contributed by atoms with Crippen LogP contribution < -0.4 is 0 Å². The van der Waals surface area contributed by atoms with Gasteiger partial charge >= 0.3 is 49.7 Å². The molecule has 0 aromatic rings. The predicted molar refractivity (Wildman–Crippen MR) is 24.3 cm³/mol. The third kappa shape index (κ3) is 4.32. The molecule has 0 fully saturated rings. The fourth-order valence-corrected chi connectivity index (χ4v) is 0.0390. The van der Waals surface area contributed by atoms with Crippen LogP contribution in [0.3, 0.4) is 0 Å². The molecule has 0 saturated carbocycles. The summed E-state index contributed by atoms with van der Waals surface area (Å²) in [6, 6.07) is 0. The van der Waals surface area contributed by atoms with E-state index in [4.69, 9.17) is 10.4 Å². The number of hydrogen-bond acceptors (Lipinski definition) is 4. The van der Waals surface area contributed by atoms with Crippen LogP contribution in [0.15, 0.2) is 0 Å². The summed E-state index contributed by atoms with van der Waals surface area (Å²) < 4.78 is 0. The Kier molecular flexibility index (Phi) is 7.30. The smallest absolute Gasteiger partial charge is 1.00 e. The van der Waals surface area contributed by atoms with Crippen LogP contribution >= 0.6 is 0 Å². The van der Waals surface area contributed by atoms with Crippen LogP contribution in [0.4, 0.5) is 0 Å². The third-order valence-electron chi connectivity index (χ3n) is 0.258. The molecule has 2 N–H and O–H groups in total. The largest absolute Gasteiger partial charge is 2.00 e. The zero-order valence-corrected chi connectivity index (χ0v) is 6.03. The summed E-state index contributed by atoms with van der Waals surface area (Å²) in [5.74, 6) is -3.50. The molecule has 6 heteroatoms. The van der Waals surface area contributed by atoms with Crippen molar-refractivity contribution < 1.29 is 27.7 Å². The van der Waals surface area contributed by atoms with Crippen molar-refractivity contribution in [1.29, 1.82) is 0 Å². The fourth-order valence-electron chi connectivity index (χ4n) is 0.0390. The van der Waals surface area contributed by atoms with Crippen molar-refractivity contribution in [3.63, 3.8) is 0 Å². The van der Waals surface area contributed by atoms with Gasteiger partial charge in [-0.3, -0.25) is 4.89 Å². The number of hydrogen-bond donors (Lipinski definition) is 2. The summed E-state index contributed by atoms with van der Waals surface area (Å²) in [5, 5.41) is 14.8. The Morgan fingerprint density at radius 3 is 1.88 bits per heavy atom. The number of carbonyl (C=O) groups is 2. The normalized spacial score (nSPS) is 6.62. The predicted octanol–water partition coefficient (Wildman–Crippen LogP) is -1.07. The topological polar surface area (TPSA) is 83.8 Å². The molecule has 0 unspecified atom stereocenters. The molecule has 0 radical (unpaired) electrons. The minimum atomic E-state index is -1.82. The summed E-state index contributed by atoms with van der Waals surface area (Å²) in [4.78, 5) is 21.5. The van der Waals surface area contributed by atoms with Crippen LogP contribution in [0.2, 0.25) is 0 Å². The van der Waals surface area contributed by atoms with Gasteiger partial charge in [-0.25, -0.2) is 9.59 Å². The number of carboxylic acid groups (broad SMARTS) is 1. The SMILES string of the molecule is O=C(O)C(=O)OO.[Ca+2].[H-].[H-]. The second kappa shape index (κ2) is 5.30. The van der Waals surface area contributed by atoms with Gasteiger partial charge in [0.1, 0.15) is 0 Å². The standard InChI is InChI=1S/C2H2O5.Ca.2H/c3-1(4)2(5)7-6;;;/h6H,(H,3,4);;;/q;+2;2*-1. The number of carboxylic acids is 1. The molecule has 0 rings (SSSR count). The first-order valence-electron chi connectivity index (χ1n) is 1.27. The molecule has 8 heavy (non-hydrogen) atoms. The number of aliphatic carboxylic acids is 1. The molecule has 0 amide bonds. The Hall–Kier alpha value is 0.160. The van der Waals surface area contributed by atoms with Gasteiger partial charge < -0.3 is 7.96 Å². The van der Waals surface area contributed by atoms with Crippen LogP contribution in [0, 0.1) is 0 Å². The van der Waals surface area contributed by atoms with Crippen molar-refractivity contribution in [2.24, 2.45) is 0 Å². The van der Waals surface area contributed by atoms with Crippen LogP contribution in [0.5, 0.6) is 0 Å². The first kappa shape index (κ1) is 11.0. The Morgan fingerprint density at radius 1 is 1.50 bits per heavy atom. The summed E-state index contributed by atoms with van der Waals surface area (Å²) in [6.07, 6.45) is 0. The first-order valence-corrected chi connectivity index (χ1v) is 1.27. The minimum absolute atomic E-state index is 0. The molecule has 0 bridgehead atoms. The van der Waals surface area contributed by atoms with E-state index in [1.54, 1.807) is 0 Å². The average Bonchev–Trinajstić information content (AvgIpc) is 1.65. The molecule has 0 aliphatic heterocycles. The summed E-state index contributed by atoms with van der Waals surface area (Å²) in [5.41, 5.74) is 0. The minimum Gasteiger partial charge on any atom is -1.00 e. The number of rotatable bonds is 0. The van der Waals surface area contributed by atoms with Gasteiger partial charge in [0.05, 0.1) is 0 Å². The summed E-state index contributed by atoms with van der Waals surface area (Å²) in [6.45, 7) is 0. The Labute approximate surface area is 77.1 Å². The van der Waals surface area contributed by atoms with Gasteiger partial charge in [0.15, 0.2) is 0 Å². The number of carbonyl (C=O) groups excluding carboxylic acids is 1. The average molecular weight is 148 g/mol. The maximum atomic E-state index is 9.44. The second-order valence-corrected chi connectivity index (χ2v) is 0.684. The van der Waals surface area contributed by atoms with Crippen molar-refractivity contribution in [2.75, 3.05) is 0 Å². The summed E-state index contributed by atoms with van der Waals surface area (Å²) >= 11 is 0. The van der Waals surface area contributed by atoms with Crippen LogP contribution in [0.1, 0.15) is 2.85 Å². The fraction of sp³-hybridized carbons (Fsp3) is 0. The van der Waals surface area contributed by atoms with Crippen molar-refractivity contribution >= 4 is 49.7 Å².